The van der Waals surface area contributed by atoms with E-state index < -0.39 is 5.92 Å². The molecule has 0 aromatic rings. The summed E-state index contributed by atoms with van der Waals surface area (Å²) < 4.78 is 26.1. The standard InChI is InChI=1S/C11H18BrF2N/c12-7-10(3-1-2-4-10)8-15-6-5-11(13,14)9-15/h1-9H2. The Bertz CT molecular complexity index is 227. The molecule has 15 heavy (non-hydrogen) atoms. The molecule has 1 saturated carbocycles. The maximum Gasteiger partial charge on any atom is 0.261 e. The summed E-state index contributed by atoms with van der Waals surface area (Å²) in [5.74, 6) is -2.44. The Hall–Kier alpha value is 0.300. The van der Waals surface area contributed by atoms with Gasteiger partial charge in [-0.2, -0.15) is 0 Å². The Labute approximate surface area is 98.3 Å². The van der Waals surface area contributed by atoms with Crippen molar-refractivity contribution in [3.63, 3.8) is 0 Å². The molecule has 1 nitrogen and oxygen atoms in total. The van der Waals surface area contributed by atoms with Gasteiger partial charge in [-0.3, -0.25) is 4.90 Å². The average molecular weight is 282 g/mol. The zero-order valence-electron chi connectivity index (χ0n) is 8.95. The van der Waals surface area contributed by atoms with Crippen molar-refractivity contribution < 1.29 is 8.78 Å². The molecule has 0 spiro atoms. The molecule has 0 unspecified atom stereocenters. The first-order chi connectivity index (χ1) is 7.05. The highest BCUT2D eigenvalue weighted by atomic mass is 79.9. The highest BCUT2D eigenvalue weighted by Gasteiger charge is 2.42. The molecular weight excluding hydrogens is 264 g/mol. The second-order valence-electron chi connectivity index (χ2n) is 5.16. The minimum absolute atomic E-state index is 0.0260. The van der Waals surface area contributed by atoms with Crippen molar-refractivity contribution >= 4 is 15.9 Å². The number of halogens is 3. The molecule has 0 amide bonds. The van der Waals surface area contributed by atoms with Gasteiger partial charge < -0.3 is 0 Å². The summed E-state index contributed by atoms with van der Waals surface area (Å²) in [5, 5.41) is 0.960. The van der Waals surface area contributed by atoms with Crippen LogP contribution in [-0.2, 0) is 0 Å². The van der Waals surface area contributed by atoms with E-state index in [-0.39, 0.29) is 18.4 Å². The van der Waals surface area contributed by atoms with Crippen LogP contribution in [0.3, 0.4) is 0 Å². The Balaban J connectivity index is 1.91. The fraction of sp³-hybridized carbons (Fsp3) is 1.00. The van der Waals surface area contributed by atoms with E-state index in [0.717, 1.165) is 11.9 Å². The van der Waals surface area contributed by atoms with Crippen LogP contribution in [0, 0.1) is 5.41 Å². The van der Waals surface area contributed by atoms with Gasteiger partial charge in [0.25, 0.3) is 5.92 Å². The molecule has 1 saturated heterocycles. The van der Waals surface area contributed by atoms with Gasteiger partial charge in [-0.05, 0) is 18.3 Å². The maximum atomic E-state index is 13.0. The molecule has 0 N–H and O–H groups in total. The number of alkyl halides is 3. The highest BCUT2D eigenvalue weighted by Crippen LogP contribution is 2.41. The first-order valence-corrected chi connectivity index (χ1v) is 6.84. The van der Waals surface area contributed by atoms with Gasteiger partial charge in [0, 0.05) is 24.8 Å². The van der Waals surface area contributed by atoms with Crippen molar-refractivity contribution in [1.29, 1.82) is 0 Å². The van der Waals surface area contributed by atoms with Crippen molar-refractivity contribution in [2.75, 3.05) is 25.0 Å². The van der Waals surface area contributed by atoms with Crippen LogP contribution in [0.5, 0.6) is 0 Å². The van der Waals surface area contributed by atoms with Crippen LogP contribution in [0.1, 0.15) is 32.1 Å². The van der Waals surface area contributed by atoms with E-state index >= 15 is 0 Å². The summed E-state index contributed by atoms with van der Waals surface area (Å²) in [7, 11) is 0. The molecule has 2 rings (SSSR count). The minimum atomic E-state index is -2.44. The molecule has 2 aliphatic rings. The van der Waals surface area contributed by atoms with Crippen LogP contribution in [0.4, 0.5) is 8.78 Å². The molecular formula is C11H18BrF2N. The fourth-order valence-electron chi connectivity index (χ4n) is 2.88. The summed E-state index contributed by atoms with van der Waals surface area (Å²) in [6.07, 6.45) is 4.96. The van der Waals surface area contributed by atoms with Gasteiger partial charge in [0.15, 0.2) is 0 Å². The van der Waals surface area contributed by atoms with Crippen molar-refractivity contribution in [2.45, 2.75) is 38.0 Å². The normalized spacial score (nSPS) is 29.8. The smallest absolute Gasteiger partial charge is 0.261 e. The second-order valence-corrected chi connectivity index (χ2v) is 5.72. The monoisotopic (exact) mass is 281 g/mol. The first-order valence-electron chi connectivity index (χ1n) is 5.72. The van der Waals surface area contributed by atoms with Crippen molar-refractivity contribution in [3.8, 4) is 0 Å². The molecule has 0 radical (unpaired) electrons. The Kier molecular flexibility index (Phi) is 3.36. The predicted molar refractivity (Wildman–Crippen MR) is 60.7 cm³/mol. The summed E-state index contributed by atoms with van der Waals surface area (Å²) in [6, 6.07) is 0. The zero-order chi connectivity index (χ0) is 10.9. The van der Waals surface area contributed by atoms with Crippen LogP contribution in [0.15, 0.2) is 0 Å². The van der Waals surface area contributed by atoms with E-state index in [9.17, 15) is 8.78 Å². The van der Waals surface area contributed by atoms with E-state index in [1.165, 1.54) is 25.7 Å². The van der Waals surface area contributed by atoms with Gasteiger partial charge in [-0.15, -0.1) is 0 Å². The molecule has 2 fully saturated rings. The van der Waals surface area contributed by atoms with Gasteiger partial charge in [-0.25, -0.2) is 8.78 Å². The lowest BCUT2D eigenvalue weighted by Crippen LogP contribution is -2.37. The lowest BCUT2D eigenvalue weighted by Gasteiger charge is -2.31. The second kappa shape index (κ2) is 4.28. The molecule has 1 heterocycles. The van der Waals surface area contributed by atoms with E-state index in [0.29, 0.717) is 6.54 Å². The Morgan fingerprint density at radius 3 is 2.27 bits per heavy atom. The van der Waals surface area contributed by atoms with Crippen LogP contribution in [-0.4, -0.2) is 35.8 Å². The first kappa shape index (κ1) is 11.8. The molecule has 0 aromatic heterocycles. The summed E-state index contributed by atoms with van der Waals surface area (Å²) >= 11 is 3.56. The number of hydrogen-bond acceptors (Lipinski definition) is 1. The largest absolute Gasteiger partial charge is 0.297 e. The van der Waals surface area contributed by atoms with Crippen molar-refractivity contribution in [1.82, 2.24) is 4.90 Å². The van der Waals surface area contributed by atoms with E-state index in [1.807, 2.05) is 4.90 Å². The van der Waals surface area contributed by atoms with E-state index in [4.69, 9.17) is 0 Å². The molecule has 0 aromatic carbocycles. The number of likely N-dealkylation sites (tertiary alicyclic amines) is 1. The average Bonchev–Trinajstić information content (AvgIpc) is 2.75. The third kappa shape index (κ3) is 2.70. The molecule has 88 valence electrons. The van der Waals surface area contributed by atoms with E-state index in [2.05, 4.69) is 15.9 Å². The van der Waals surface area contributed by atoms with Gasteiger partial charge >= 0.3 is 0 Å². The molecule has 0 bridgehead atoms. The molecule has 1 aliphatic carbocycles. The third-order valence-corrected chi connectivity index (χ3v) is 4.94. The summed E-state index contributed by atoms with van der Waals surface area (Å²) in [4.78, 5) is 1.95. The van der Waals surface area contributed by atoms with Gasteiger partial charge in [0.05, 0.1) is 6.54 Å². The summed E-state index contributed by atoms with van der Waals surface area (Å²) in [6.45, 7) is 1.40. The Morgan fingerprint density at radius 2 is 1.80 bits per heavy atom. The van der Waals surface area contributed by atoms with Gasteiger partial charge in [0.2, 0.25) is 0 Å². The summed E-state index contributed by atoms with van der Waals surface area (Å²) in [5.41, 5.74) is 0.278. The quantitative estimate of drug-likeness (QED) is 0.718. The third-order valence-electron chi connectivity index (χ3n) is 3.76. The minimum Gasteiger partial charge on any atom is -0.297 e. The zero-order valence-corrected chi connectivity index (χ0v) is 10.5. The predicted octanol–water partition coefficient (Wildman–Crippen LogP) is 3.28. The van der Waals surface area contributed by atoms with Crippen LogP contribution in [0.25, 0.3) is 0 Å². The number of hydrogen-bond donors (Lipinski definition) is 0. The lowest BCUT2D eigenvalue weighted by atomic mass is 9.88. The Morgan fingerprint density at radius 1 is 1.13 bits per heavy atom. The lowest BCUT2D eigenvalue weighted by molar-refractivity contribution is 0.00871. The van der Waals surface area contributed by atoms with Gasteiger partial charge in [0.1, 0.15) is 0 Å². The molecule has 4 heteroatoms. The van der Waals surface area contributed by atoms with Gasteiger partial charge in [-0.1, -0.05) is 28.8 Å². The molecule has 1 aliphatic heterocycles. The highest BCUT2D eigenvalue weighted by molar-refractivity contribution is 9.09. The number of nitrogens with zero attached hydrogens (tertiary/aromatic N) is 1. The van der Waals surface area contributed by atoms with Crippen LogP contribution in [0.2, 0.25) is 0 Å². The molecule has 0 atom stereocenters. The number of rotatable bonds is 3. The topological polar surface area (TPSA) is 3.24 Å². The van der Waals surface area contributed by atoms with Crippen molar-refractivity contribution in [2.24, 2.45) is 5.41 Å². The maximum absolute atomic E-state index is 13.0. The van der Waals surface area contributed by atoms with Crippen LogP contribution >= 0.6 is 15.9 Å². The van der Waals surface area contributed by atoms with E-state index in [1.54, 1.807) is 0 Å². The van der Waals surface area contributed by atoms with Crippen molar-refractivity contribution in [3.05, 3.63) is 0 Å². The fourth-order valence-corrected chi connectivity index (χ4v) is 3.61. The van der Waals surface area contributed by atoms with Crippen LogP contribution < -0.4 is 0 Å². The SMILES string of the molecule is FC1(F)CCN(CC2(CBr)CCCC2)C1.